The average molecular weight is 269 g/mol. The standard InChI is InChI=1S/C15H11NO2S/c17-15(18-13-4-2-1-3-5-13)16-12-6-7-14-11(10-12)8-9-19-14/h1-10H,(H,16,17). The van der Waals surface area contributed by atoms with Crippen LogP contribution >= 0.6 is 11.3 Å². The summed E-state index contributed by atoms with van der Waals surface area (Å²) in [6.07, 6.45) is -0.485. The number of hydrogen-bond donors (Lipinski definition) is 1. The summed E-state index contributed by atoms with van der Waals surface area (Å²) in [7, 11) is 0. The number of thiophene rings is 1. The van der Waals surface area contributed by atoms with Gasteiger partial charge in [-0.2, -0.15) is 0 Å². The Bertz CT molecular complexity index is 706. The molecular weight excluding hydrogens is 258 g/mol. The van der Waals surface area contributed by atoms with Crippen LogP contribution in [0.5, 0.6) is 5.75 Å². The number of ether oxygens (including phenoxy) is 1. The smallest absolute Gasteiger partial charge is 0.410 e. The van der Waals surface area contributed by atoms with Gasteiger partial charge < -0.3 is 4.74 Å². The Morgan fingerprint density at radius 2 is 1.89 bits per heavy atom. The van der Waals surface area contributed by atoms with E-state index in [0.29, 0.717) is 5.75 Å². The Morgan fingerprint density at radius 1 is 1.05 bits per heavy atom. The number of anilines is 1. The highest BCUT2D eigenvalue weighted by Gasteiger charge is 2.05. The first-order valence-electron chi connectivity index (χ1n) is 5.82. The van der Waals surface area contributed by atoms with Crippen molar-refractivity contribution in [2.45, 2.75) is 0 Å². The third kappa shape index (κ3) is 2.74. The quantitative estimate of drug-likeness (QED) is 0.743. The zero-order valence-electron chi connectivity index (χ0n) is 10.00. The summed E-state index contributed by atoms with van der Waals surface area (Å²) in [6.45, 7) is 0. The van der Waals surface area contributed by atoms with E-state index >= 15 is 0 Å². The minimum atomic E-state index is -0.485. The molecule has 94 valence electrons. The Kier molecular flexibility index (Phi) is 3.16. The Morgan fingerprint density at radius 3 is 2.74 bits per heavy atom. The third-order valence-electron chi connectivity index (χ3n) is 2.65. The van der Waals surface area contributed by atoms with Crippen molar-refractivity contribution < 1.29 is 9.53 Å². The minimum Gasteiger partial charge on any atom is -0.410 e. The van der Waals surface area contributed by atoms with Gasteiger partial charge in [0.1, 0.15) is 5.75 Å². The summed E-state index contributed by atoms with van der Waals surface area (Å²) in [5, 5.41) is 5.85. The van der Waals surface area contributed by atoms with E-state index in [2.05, 4.69) is 5.32 Å². The van der Waals surface area contributed by atoms with E-state index in [4.69, 9.17) is 4.74 Å². The molecule has 1 N–H and O–H groups in total. The predicted octanol–water partition coefficient (Wildman–Crippen LogP) is 4.51. The van der Waals surface area contributed by atoms with Crippen molar-refractivity contribution in [3.8, 4) is 5.75 Å². The molecule has 0 bridgehead atoms. The van der Waals surface area contributed by atoms with Gasteiger partial charge in [0.2, 0.25) is 0 Å². The molecule has 1 aromatic heterocycles. The van der Waals surface area contributed by atoms with Crippen LogP contribution in [0, 0.1) is 0 Å². The lowest BCUT2D eigenvalue weighted by Gasteiger charge is -2.06. The number of nitrogens with one attached hydrogen (secondary N) is 1. The molecule has 4 heteroatoms. The summed E-state index contributed by atoms with van der Waals surface area (Å²) < 4.78 is 6.36. The van der Waals surface area contributed by atoms with E-state index in [9.17, 15) is 4.79 Å². The molecule has 1 amide bonds. The van der Waals surface area contributed by atoms with Gasteiger partial charge in [0.05, 0.1) is 0 Å². The highest BCUT2D eigenvalue weighted by Crippen LogP contribution is 2.24. The van der Waals surface area contributed by atoms with Gasteiger partial charge in [-0.25, -0.2) is 4.79 Å². The molecule has 3 rings (SSSR count). The fraction of sp³-hybridized carbons (Fsp3) is 0. The van der Waals surface area contributed by atoms with Crippen LogP contribution in [0.15, 0.2) is 60.0 Å². The second kappa shape index (κ2) is 5.12. The van der Waals surface area contributed by atoms with Crippen molar-refractivity contribution in [2.75, 3.05) is 5.32 Å². The topological polar surface area (TPSA) is 38.3 Å². The summed E-state index contributed by atoms with van der Waals surface area (Å²) in [6, 6.07) is 16.8. The molecule has 0 aliphatic rings. The number of carbonyl (C=O) groups excluding carboxylic acids is 1. The number of hydrogen-bond acceptors (Lipinski definition) is 3. The fourth-order valence-electron chi connectivity index (χ4n) is 1.78. The van der Waals surface area contributed by atoms with Crippen molar-refractivity contribution >= 4 is 33.2 Å². The predicted molar refractivity (Wildman–Crippen MR) is 77.9 cm³/mol. The largest absolute Gasteiger partial charge is 0.417 e. The molecular formula is C15H11NO2S. The lowest BCUT2D eigenvalue weighted by molar-refractivity contribution is 0.215. The molecule has 0 unspecified atom stereocenters. The van der Waals surface area contributed by atoms with E-state index in [1.165, 1.54) is 4.70 Å². The van der Waals surface area contributed by atoms with Crippen molar-refractivity contribution in [1.82, 2.24) is 0 Å². The number of rotatable bonds is 2. The maximum absolute atomic E-state index is 11.7. The molecule has 0 atom stereocenters. The molecule has 0 fully saturated rings. The molecule has 0 aliphatic carbocycles. The monoisotopic (exact) mass is 269 g/mol. The summed E-state index contributed by atoms with van der Waals surface area (Å²) in [5.74, 6) is 0.525. The molecule has 19 heavy (non-hydrogen) atoms. The highest BCUT2D eigenvalue weighted by molar-refractivity contribution is 7.17. The van der Waals surface area contributed by atoms with Crippen molar-refractivity contribution in [1.29, 1.82) is 0 Å². The van der Waals surface area contributed by atoms with Crippen LogP contribution in [0.4, 0.5) is 10.5 Å². The Hall–Kier alpha value is -2.33. The molecule has 3 aromatic rings. The maximum Gasteiger partial charge on any atom is 0.417 e. The zero-order valence-corrected chi connectivity index (χ0v) is 10.8. The summed E-state index contributed by atoms with van der Waals surface area (Å²) in [4.78, 5) is 11.7. The minimum absolute atomic E-state index is 0.485. The van der Waals surface area contributed by atoms with Crippen molar-refractivity contribution in [3.63, 3.8) is 0 Å². The van der Waals surface area contributed by atoms with Gasteiger partial charge in [-0.05, 0) is 47.2 Å². The van der Waals surface area contributed by atoms with Crippen LogP contribution in [-0.4, -0.2) is 6.09 Å². The number of fused-ring (bicyclic) bond motifs is 1. The first kappa shape index (κ1) is 11.7. The second-order valence-electron chi connectivity index (χ2n) is 4.00. The number of amides is 1. The molecule has 0 aliphatic heterocycles. The lowest BCUT2D eigenvalue weighted by Crippen LogP contribution is -2.16. The number of para-hydroxylation sites is 1. The van der Waals surface area contributed by atoms with Gasteiger partial charge in [0, 0.05) is 10.4 Å². The van der Waals surface area contributed by atoms with E-state index in [1.54, 1.807) is 23.5 Å². The maximum atomic E-state index is 11.7. The normalized spacial score (nSPS) is 10.3. The molecule has 3 nitrogen and oxygen atoms in total. The Labute approximate surface area is 114 Å². The van der Waals surface area contributed by atoms with Crippen LogP contribution in [0.25, 0.3) is 10.1 Å². The first-order valence-corrected chi connectivity index (χ1v) is 6.70. The van der Waals surface area contributed by atoms with Gasteiger partial charge in [-0.15, -0.1) is 11.3 Å². The first-order chi connectivity index (χ1) is 9.31. The van der Waals surface area contributed by atoms with Crippen molar-refractivity contribution in [3.05, 3.63) is 60.0 Å². The molecule has 0 radical (unpaired) electrons. The lowest BCUT2D eigenvalue weighted by atomic mass is 10.2. The van der Waals surface area contributed by atoms with Crippen LogP contribution in [0.3, 0.4) is 0 Å². The van der Waals surface area contributed by atoms with Gasteiger partial charge in [-0.3, -0.25) is 5.32 Å². The molecule has 0 spiro atoms. The summed E-state index contributed by atoms with van der Waals surface area (Å²) >= 11 is 1.67. The molecule has 0 saturated carbocycles. The van der Waals surface area contributed by atoms with Crippen LogP contribution in [0.2, 0.25) is 0 Å². The van der Waals surface area contributed by atoms with Gasteiger partial charge in [0.15, 0.2) is 0 Å². The van der Waals surface area contributed by atoms with Gasteiger partial charge in [-0.1, -0.05) is 18.2 Å². The van der Waals surface area contributed by atoms with E-state index in [-0.39, 0.29) is 0 Å². The number of carbonyl (C=O) groups is 1. The third-order valence-corrected chi connectivity index (χ3v) is 3.55. The van der Waals surface area contributed by atoms with E-state index in [0.717, 1.165) is 11.1 Å². The number of benzene rings is 2. The molecule has 2 aromatic carbocycles. The SMILES string of the molecule is O=C(Nc1ccc2sccc2c1)Oc1ccccc1. The highest BCUT2D eigenvalue weighted by atomic mass is 32.1. The van der Waals surface area contributed by atoms with Crippen LogP contribution in [-0.2, 0) is 0 Å². The average Bonchev–Trinajstić information content (AvgIpc) is 2.87. The fourth-order valence-corrected chi connectivity index (χ4v) is 2.55. The van der Waals surface area contributed by atoms with Crippen LogP contribution < -0.4 is 10.1 Å². The van der Waals surface area contributed by atoms with Gasteiger partial charge >= 0.3 is 6.09 Å². The zero-order chi connectivity index (χ0) is 13.1. The molecule has 1 heterocycles. The second-order valence-corrected chi connectivity index (χ2v) is 4.95. The van der Waals surface area contributed by atoms with E-state index in [1.807, 2.05) is 47.8 Å². The van der Waals surface area contributed by atoms with Crippen molar-refractivity contribution in [2.24, 2.45) is 0 Å². The van der Waals surface area contributed by atoms with Crippen LogP contribution in [0.1, 0.15) is 0 Å². The molecule has 0 saturated heterocycles. The summed E-state index contributed by atoms with van der Waals surface area (Å²) in [5.41, 5.74) is 0.729. The van der Waals surface area contributed by atoms with Gasteiger partial charge in [0.25, 0.3) is 0 Å². The Balaban J connectivity index is 1.72. The van der Waals surface area contributed by atoms with E-state index < -0.39 is 6.09 Å².